The van der Waals surface area contributed by atoms with Crippen molar-refractivity contribution in [2.24, 2.45) is 7.05 Å². The highest BCUT2D eigenvalue weighted by Gasteiger charge is 2.28. The number of carbonyl (C=O) groups is 2. The fraction of sp³-hybridized carbons (Fsp3) is 0.333. The Morgan fingerprint density at radius 3 is 2.06 bits per heavy atom. The zero-order valence-corrected chi connectivity index (χ0v) is 10.4. The number of hydrogen-bond acceptors (Lipinski definition) is 4. The molecule has 0 N–H and O–H groups in total. The van der Waals surface area contributed by atoms with Crippen LogP contribution in [0.25, 0.3) is 6.08 Å². The predicted molar refractivity (Wildman–Crippen MR) is 62.9 cm³/mol. The van der Waals surface area contributed by atoms with Crippen molar-refractivity contribution < 1.29 is 19.1 Å². The van der Waals surface area contributed by atoms with Gasteiger partial charge in [-0.2, -0.15) is 0 Å². The van der Waals surface area contributed by atoms with Gasteiger partial charge in [0.25, 0.3) is 0 Å². The van der Waals surface area contributed by atoms with Crippen molar-refractivity contribution in [3.63, 3.8) is 0 Å². The van der Waals surface area contributed by atoms with E-state index in [0.29, 0.717) is 11.4 Å². The first-order valence-electron chi connectivity index (χ1n) is 4.97. The summed E-state index contributed by atoms with van der Waals surface area (Å²) in [6, 6.07) is 0. The second-order valence-electron chi connectivity index (χ2n) is 3.47. The lowest BCUT2D eigenvalue weighted by molar-refractivity contribution is 0.0556. The first-order chi connectivity index (χ1) is 7.99. The molecule has 0 aliphatic carbocycles. The predicted octanol–water partition coefficient (Wildman–Crippen LogP) is 1.55. The van der Waals surface area contributed by atoms with E-state index in [9.17, 15) is 9.59 Å². The van der Waals surface area contributed by atoms with Crippen molar-refractivity contribution in [2.45, 2.75) is 6.92 Å². The van der Waals surface area contributed by atoms with E-state index in [1.165, 1.54) is 20.3 Å². The molecule has 17 heavy (non-hydrogen) atoms. The minimum absolute atomic E-state index is 0.189. The van der Waals surface area contributed by atoms with Crippen LogP contribution in [0.3, 0.4) is 0 Å². The van der Waals surface area contributed by atoms with Gasteiger partial charge in [-0.25, -0.2) is 9.59 Å². The van der Waals surface area contributed by atoms with E-state index < -0.39 is 11.9 Å². The topological polar surface area (TPSA) is 57.5 Å². The normalized spacial score (nSPS) is 9.88. The largest absolute Gasteiger partial charge is 0.465 e. The molecule has 1 aromatic rings. The highest BCUT2D eigenvalue weighted by molar-refractivity contribution is 6.06. The smallest absolute Gasteiger partial charge is 0.340 e. The maximum absolute atomic E-state index is 11.7. The maximum atomic E-state index is 11.7. The van der Waals surface area contributed by atoms with Crippen LogP contribution in [0.5, 0.6) is 0 Å². The Kier molecular flexibility index (Phi) is 3.73. The summed E-state index contributed by atoms with van der Waals surface area (Å²) >= 11 is 0. The molecule has 0 aromatic carbocycles. The molecule has 0 spiro atoms. The third-order valence-corrected chi connectivity index (χ3v) is 2.70. The number of nitrogens with zero attached hydrogens (tertiary/aromatic N) is 1. The van der Waals surface area contributed by atoms with E-state index in [1.54, 1.807) is 18.5 Å². The van der Waals surface area contributed by atoms with Gasteiger partial charge >= 0.3 is 11.9 Å². The van der Waals surface area contributed by atoms with Crippen LogP contribution in [0.2, 0.25) is 0 Å². The van der Waals surface area contributed by atoms with Gasteiger partial charge in [-0.1, -0.05) is 6.58 Å². The average Bonchev–Trinajstić information content (AvgIpc) is 2.60. The molecule has 0 fully saturated rings. The molecule has 1 aromatic heterocycles. The Morgan fingerprint density at radius 1 is 1.18 bits per heavy atom. The van der Waals surface area contributed by atoms with Crippen LogP contribution >= 0.6 is 0 Å². The van der Waals surface area contributed by atoms with Crippen molar-refractivity contribution in [1.82, 2.24) is 4.57 Å². The Bertz CT molecular complexity index is 485. The molecule has 0 unspecified atom stereocenters. The van der Waals surface area contributed by atoms with Gasteiger partial charge in [0.05, 0.1) is 31.0 Å². The van der Waals surface area contributed by atoms with Crippen molar-refractivity contribution in [3.8, 4) is 0 Å². The van der Waals surface area contributed by atoms with Gasteiger partial charge in [-0.3, -0.25) is 0 Å². The monoisotopic (exact) mass is 237 g/mol. The molecule has 0 radical (unpaired) electrons. The summed E-state index contributed by atoms with van der Waals surface area (Å²) in [5.41, 5.74) is 1.58. The number of ether oxygens (including phenoxy) is 2. The van der Waals surface area contributed by atoms with Gasteiger partial charge < -0.3 is 14.0 Å². The SMILES string of the molecule is C=Cc1c(C(=O)OC)c(C(=O)OC)c(C)n1C. The van der Waals surface area contributed by atoms with Crippen molar-refractivity contribution in [2.75, 3.05) is 14.2 Å². The van der Waals surface area contributed by atoms with Crippen LogP contribution in [0.4, 0.5) is 0 Å². The molecule has 0 amide bonds. The molecule has 5 heteroatoms. The number of rotatable bonds is 3. The van der Waals surface area contributed by atoms with E-state index in [2.05, 4.69) is 16.1 Å². The summed E-state index contributed by atoms with van der Waals surface area (Å²) in [6.45, 7) is 5.36. The van der Waals surface area contributed by atoms with Gasteiger partial charge in [0.15, 0.2) is 0 Å². The molecule has 0 bridgehead atoms. The number of methoxy groups -OCH3 is 2. The lowest BCUT2D eigenvalue weighted by atomic mass is 10.1. The molecule has 0 aliphatic heterocycles. The van der Waals surface area contributed by atoms with Gasteiger partial charge in [0.2, 0.25) is 0 Å². The summed E-state index contributed by atoms with van der Waals surface area (Å²) in [6.07, 6.45) is 1.51. The number of esters is 2. The Balaban J connectivity index is 3.62. The van der Waals surface area contributed by atoms with Crippen LogP contribution in [-0.4, -0.2) is 30.7 Å². The third kappa shape index (κ3) is 1.95. The molecule has 0 atom stereocenters. The molecular weight excluding hydrogens is 222 g/mol. The van der Waals surface area contributed by atoms with E-state index in [1.807, 2.05) is 0 Å². The van der Waals surface area contributed by atoms with Crippen molar-refractivity contribution in [3.05, 3.63) is 29.1 Å². The quantitative estimate of drug-likeness (QED) is 0.748. The molecule has 92 valence electrons. The molecule has 5 nitrogen and oxygen atoms in total. The Hall–Kier alpha value is -2.04. The maximum Gasteiger partial charge on any atom is 0.340 e. The Morgan fingerprint density at radius 2 is 1.65 bits per heavy atom. The van der Waals surface area contributed by atoms with E-state index in [0.717, 1.165) is 0 Å². The number of hydrogen-bond donors (Lipinski definition) is 0. The highest BCUT2D eigenvalue weighted by Crippen LogP contribution is 2.24. The summed E-state index contributed by atoms with van der Waals surface area (Å²) in [4.78, 5) is 23.4. The molecule has 1 rings (SSSR count). The van der Waals surface area contributed by atoms with Crippen molar-refractivity contribution >= 4 is 18.0 Å². The van der Waals surface area contributed by atoms with Gasteiger partial charge in [0.1, 0.15) is 0 Å². The van der Waals surface area contributed by atoms with Gasteiger partial charge in [-0.15, -0.1) is 0 Å². The second-order valence-corrected chi connectivity index (χ2v) is 3.47. The Labute approximate surface area is 99.6 Å². The summed E-state index contributed by atoms with van der Waals surface area (Å²) < 4.78 is 11.0. The lowest BCUT2D eigenvalue weighted by Gasteiger charge is -2.02. The highest BCUT2D eigenvalue weighted by atomic mass is 16.5. The first kappa shape index (κ1) is 13.0. The number of carbonyl (C=O) groups excluding carboxylic acids is 2. The van der Waals surface area contributed by atoms with Crippen LogP contribution in [0.1, 0.15) is 32.1 Å². The van der Waals surface area contributed by atoms with Gasteiger partial charge in [-0.05, 0) is 13.0 Å². The van der Waals surface area contributed by atoms with Gasteiger partial charge in [0, 0.05) is 12.7 Å². The average molecular weight is 237 g/mol. The summed E-state index contributed by atoms with van der Waals surface area (Å²) in [5, 5.41) is 0. The summed E-state index contributed by atoms with van der Waals surface area (Å²) in [5.74, 6) is -1.14. The molecule has 0 saturated heterocycles. The van der Waals surface area contributed by atoms with E-state index >= 15 is 0 Å². The van der Waals surface area contributed by atoms with E-state index in [4.69, 9.17) is 0 Å². The minimum Gasteiger partial charge on any atom is -0.465 e. The fourth-order valence-electron chi connectivity index (χ4n) is 1.72. The van der Waals surface area contributed by atoms with Crippen LogP contribution in [-0.2, 0) is 16.5 Å². The third-order valence-electron chi connectivity index (χ3n) is 2.70. The molecular formula is C12H15NO4. The zero-order chi connectivity index (χ0) is 13.2. The molecule has 0 aliphatic rings. The zero-order valence-electron chi connectivity index (χ0n) is 10.4. The number of aromatic nitrogens is 1. The first-order valence-corrected chi connectivity index (χ1v) is 4.97. The molecule has 0 saturated carbocycles. The van der Waals surface area contributed by atoms with Crippen molar-refractivity contribution in [1.29, 1.82) is 0 Å². The fourth-order valence-corrected chi connectivity index (χ4v) is 1.72. The van der Waals surface area contributed by atoms with Crippen LogP contribution in [0, 0.1) is 6.92 Å². The van der Waals surface area contributed by atoms with Crippen LogP contribution in [0.15, 0.2) is 6.58 Å². The van der Waals surface area contributed by atoms with E-state index in [-0.39, 0.29) is 11.1 Å². The van der Waals surface area contributed by atoms with Crippen LogP contribution < -0.4 is 0 Å². The molecule has 1 heterocycles. The standard InChI is InChI=1S/C12H15NO4/c1-6-8-10(12(15)17-5)9(11(14)16-4)7(2)13(8)3/h6H,1H2,2-5H3. The minimum atomic E-state index is -0.580. The summed E-state index contributed by atoms with van der Waals surface area (Å²) in [7, 11) is 4.27. The second kappa shape index (κ2) is 4.86. The lowest BCUT2D eigenvalue weighted by Crippen LogP contribution is -2.11.